The molecule has 1 atom stereocenters. The van der Waals surface area contributed by atoms with Crippen LogP contribution in [0.25, 0.3) is 11.0 Å². The number of ether oxygens (including phenoxy) is 2. The number of aryl methyl sites for hydroxylation is 1. The molecule has 0 amide bonds. The number of para-hydroxylation sites is 2. The minimum Gasteiger partial charge on any atom is -0.497 e. The number of aromatic amines is 1. The van der Waals surface area contributed by atoms with Crippen molar-refractivity contribution in [2.45, 2.75) is 26.0 Å². The third-order valence-corrected chi connectivity index (χ3v) is 4.03. The molecule has 0 aliphatic carbocycles. The SMILES string of the molecule is CCc1[nH]c2ccccc2[n+]1CC(O)COc1ccc(OC)cc1. The molecule has 2 aromatic carbocycles. The summed E-state index contributed by atoms with van der Waals surface area (Å²) in [5.74, 6) is 2.60. The molecule has 2 N–H and O–H groups in total. The summed E-state index contributed by atoms with van der Waals surface area (Å²) < 4.78 is 12.9. The summed E-state index contributed by atoms with van der Waals surface area (Å²) in [7, 11) is 1.63. The number of nitrogens with one attached hydrogen (secondary N) is 1. The quantitative estimate of drug-likeness (QED) is 0.656. The largest absolute Gasteiger partial charge is 0.497 e. The van der Waals surface area contributed by atoms with Crippen LogP contribution >= 0.6 is 0 Å². The molecule has 5 nitrogen and oxygen atoms in total. The predicted molar refractivity (Wildman–Crippen MR) is 92.4 cm³/mol. The van der Waals surface area contributed by atoms with Crippen LogP contribution in [0.4, 0.5) is 0 Å². The van der Waals surface area contributed by atoms with Gasteiger partial charge < -0.3 is 14.6 Å². The van der Waals surface area contributed by atoms with Gasteiger partial charge in [0.2, 0.25) is 0 Å². The number of aromatic nitrogens is 2. The second kappa shape index (κ2) is 7.36. The van der Waals surface area contributed by atoms with Gasteiger partial charge in [0.25, 0.3) is 5.82 Å². The lowest BCUT2D eigenvalue weighted by Crippen LogP contribution is -2.44. The fraction of sp³-hybridized carbons (Fsp3) is 0.316. The standard InChI is InChI=1S/C19H22N2O3/c1-3-19-20-17-6-4-5-7-18(17)21(19)12-14(22)13-24-16-10-8-15(23-2)9-11-16/h4-11,14,22H,3,12-13H2,1-2H3/p+1. The first-order valence-electron chi connectivity index (χ1n) is 8.15. The topological polar surface area (TPSA) is 58.4 Å². The summed E-state index contributed by atoms with van der Waals surface area (Å²) in [6, 6.07) is 15.5. The Morgan fingerprint density at radius 3 is 2.50 bits per heavy atom. The molecule has 0 saturated carbocycles. The zero-order valence-corrected chi connectivity index (χ0v) is 14.0. The maximum atomic E-state index is 10.4. The van der Waals surface area contributed by atoms with Crippen molar-refractivity contribution in [2.75, 3.05) is 13.7 Å². The molecule has 1 heterocycles. The van der Waals surface area contributed by atoms with Gasteiger partial charge in [-0.2, -0.15) is 0 Å². The van der Waals surface area contributed by atoms with Crippen LogP contribution in [-0.2, 0) is 13.0 Å². The highest BCUT2D eigenvalue weighted by Crippen LogP contribution is 2.17. The average molecular weight is 327 g/mol. The lowest BCUT2D eigenvalue weighted by atomic mass is 10.3. The molecular formula is C19H23N2O3+. The van der Waals surface area contributed by atoms with Crippen LogP contribution < -0.4 is 14.0 Å². The van der Waals surface area contributed by atoms with Gasteiger partial charge in [0, 0.05) is 6.42 Å². The molecular weight excluding hydrogens is 304 g/mol. The van der Waals surface area contributed by atoms with Crippen molar-refractivity contribution in [1.82, 2.24) is 4.98 Å². The van der Waals surface area contributed by atoms with Crippen molar-refractivity contribution >= 4 is 11.0 Å². The number of benzene rings is 2. The van der Waals surface area contributed by atoms with Crippen molar-refractivity contribution in [3.63, 3.8) is 0 Å². The summed E-state index contributed by atoms with van der Waals surface area (Å²) in [4.78, 5) is 3.40. The summed E-state index contributed by atoms with van der Waals surface area (Å²) in [6.07, 6.45) is 0.280. The lowest BCUT2D eigenvalue weighted by molar-refractivity contribution is -0.685. The Bertz CT molecular complexity index is 796. The molecule has 0 saturated heterocycles. The van der Waals surface area contributed by atoms with Crippen LogP contribution in [0.1, 0.15) is 12.7 Å². The van der Waals surface area contributed by atoms with E-state index in [1.54, 1.807) is 7.11 Å². The summed E-state index contributed by atoms with van der Waals surface area (Å²) >= 11 is 0. The molecule has 0 bridgehead atoms. The van der Waals surface area contributed by atoms with Crippen LogP contribution in [0.2, 0.25) is 0 Å². The lowest BCUT2D eigenvalue weighted by Gasteiger charge is -2.12. The third-order valence-electron chi connectivity index (χ3n) is 4.03. The zero-order chi connectivity index (χ0) is 16.9. The third kappa shape index (κ3) is 3.51. The minimum atomic E-state index is -0.596. The maximum Gasteiger partial charge on any atom is 0.254 e. The van der Waals surface area contributed by atoms with Gasteiger partial charge >= 0.3 is 0 Å². The number of fused-ring (bicyclic) bond motifs is 1. The van der Waals surface area contributed by atoms with E-state index in [1.807, 2.05) is 42.5 Å². The Kier molecular flexibility index (Phi) is 5.01. The summed E-state index contributed by atoms with van der Waals surface area (Å²) in [5.41, 5.74) is 2.18. The van der Waals surface area contributed by atoms with Crippen molar-refractivity contribution in [2.24, 2.45) is 0 Å². The molecule has 0 radical (unpaired) electrons. The molecule has 1 aromatic heterocycles. The maximum absolute atomic E-state index is 10.4. The first kappa shape index (κ1) is 16.3. The number of H-pyrrole nitrogens is 1. The van der Waals surface area contributed by atoms with Gasteiger partial charge in [-0.05, 0) is 36.4 Å². The van der Waals surface area contributed by atoms with E-state index >= 15 is 0 Å². The van der Waals surface area contributed by atoms with E-state index in [4.69, 9.17) is 9.47 Å². The molecule has 1 unspecified atom stereocenters. The zero-order valence-electron chi connectivity index (χ0n) is 14.0. The molecule has 5 heteroatoms. The Hall–Kier alpha value is -2.53. The smallest absolute Gasteiger partial charge is 0.254 e. The van der Waals surface area contributed by atoms with Gasteiger partial charge in [-0.15, -0.1) is 0 Å². The fourth-order valence-corrected chi connectivity index (χ4v) is 2.80. The summed E-state index contributed by atoms with van der Waals surface area (Å²) in [5, 5.41) is 10.4. The van der Waals surface area contributed by atoms with E-state index in [0.29, 0.717) is 6.54 Å². The monoisotopic (exact) mass is 327 g/mol. The van der Waals surface area contributed by atoms with E-state index in [-0.39, 0.29) is 6.61 Å². The Labute approximate surface area is 141 Å². The second-order valence-corrected chi connectivity index (χ2v) is 5.69. The van der Waals surface area contributed by atoms with E-state index in [1.165, 1.54) is 0 Å². The molecule has 3 rings (SSSR count). The van der Waals surface area contributed by atoms with Gasteiger partial charge in [-0.1, -0.05) is 19.1 Å². The van der Waals surface area contributed by atoms with Crippen LogP contribution in [0.5, 0.6) is 11.5 Å². The molecule has 24 heavy (non-hydrogen) atoms. The Balaban J connectivity index is 1.67. The minimum absolute atomic E-state index is 0.238. The van der Waals surface area contributed by atoms with Crippen molar-refractivity contribution in [3.8, 4) is 11.5 Å². The number of rotatable bonds is 7. The number of hydrogen-bond donors (Lipinski definition) is 2. The van der Waals surface area contributed by atoms with E-state index in [9.17, 15) is 5.11 Å². The molecule has 0 aliphatic rings. The highest BCUT2D eigenvalue weighted by Gasteiger charge is 2.20. The van der Waals surface area contributed by atoms with Gasteiger partial charge in [-0.3, -0.25) is 0 Å². The molecule has 0 aliphatic heterocycles. The average Bonchev–Trinajstić information content (AvgIpc) is 2.98. The molecule has 3 aromatic rings. The fourth-order valence-electron chi connectivity index (χ4n) is 2.80. The number of hydrogen-bond acceptors (Lipinski definition) is 3. The van der Waals surface area contributed by atoms with E-state index in [0.717, 1.165) is 34.8 Å². The van der Waals surface area contributed by atoms with Gasteiger partial charge in [0.05, 0.1) is 7.11 Å². The number of aliphatic hydroxyl groups is 1. The first-order valence-corrected chi connectivity index (χ1v) is 8.15. The van der Waals surface area contributed by atoms with Gasteiger partial charge in [0.1, 0.15) is 30.8 Å². The van der Waals surface area contributed by atoms with Crippen molar-refractivity contribution in [3.05, 3.63) is 54.4 Å². The van der Waals surface area contributed by atoms with Crippen molar-refractivity contribution in [1.29, 1.82) is 0 Å². The molecule has 126 valence electrons. The van der Waals surface area contributed by atoms with Crippen LogP contribution in [-0.4, -0.2) is 29.9 Å². The van der Waals surface area contributed by atoms with E-state index < -0.39 is 6.10 Å². The number of imidazole rings is 1. The number of methoxy groups -OCH3 is 1. The molecule has 0 fully saturated rings. The Morgan fingerprint density at radius 1 is 1.08 bits per heavy atom. The van der Waals surface area contributed by atoms with Crippen LogP contribution in [0.3, 0.4) is 0 Å². The van der Waals surface area contributed by atoms with Gasteiger partial charge in [0.15, 0.2) is 11.0 Å². The highest BCUT2D eigenvalue weighted by molar-refractivity contribution is 5.71. The van der Waals surface area contributed by atoms with Crippen molar-refractivity contribution < 1.29 is 19.1 Å². The molecule has 0 spiro atoms. The van der Waals surface area contributed by atoms with Crippen LogP contribution in [0, 0.1) is 0 Å². The number of nitrogens with zero attached hydrogens (tertiary/aromatic N) is 1. The first-order chi connectivity index (χ1) is 11.7. The van der Waals surface area contributed by atoms with Gasteiger partial charge in [-0.25, -0.2) is 9.55 Å². The Morgan fingerprint density at radius 2 is 1.79 bits per heavy atom. The highest BCUT2D eigenvalue weighted by atomic mass is 16.5. The summed E-state index contributed by atoms with van der Waals surface area (Å²) in [6.45, 7) is 2.83. The second-order valence-electron chi connectivity index (χ2n) is 5.69. The van der Waals surface area contributed by atoms with E-state index in [2.05, 4.69) is 22.5 Å². The van der Waals surface area contributed by atoms with Crippen LogP contribution in [0.15, 0.2) is 48.5 Å². The normalized spacial score (nSPS) is 12.3. The predicted octanol–water partition coefficient (Wildman–Crippen LogP) is 2.47. The number of aliphatic hydroxyl groups excluding tert-OH is 1.